The molecule has 2 unspecified atom stereocenters. The van der Waals surface area contributed by atoms with Gasteiger partial charge in [-0.05, 0) is 33.1 Å². The number of nitrogens with zero attached hydrogens (tertiary/aromatic N) is 3. The minimum Gasteiger partial charge on any atom is -0.369 e. The Bertz CT molecular complexity index is 277. The van der Waals surface area contributed by atoms with E-state index in [-0.39, 0.29) is 5.54 Å². The fourth-order valence-corrected chi connectivity index (χ4v) is 2.27. The molecule has 2 heterocycles. The van der Waals surface area contributed by atoms with Gasteiger partial charge in [0.05, 0.1) is 30.8 Å². The first-order valence-corrected chi connectivity index (χ1v) is 6.21. The molecule has 2 aliphatic rings. The number of nitrogens with one attached hydrogen (secondary N) is 1. The molecule has 0 spiro atoms. The molecule has 4 heteroatoms. The smallest absolute Gasteiger partial charge is 0.0854 e. The first kappa shape index (κ1) is 11.4. The van der Waals surface area contributed by atoms with Crippen molar-refractivity contribution in [1.29, 1.82) is 0 Å². The highest BCUT2D eigenvalue weighted by Gasteiger charge is 2.24. The van der Waals surface area contributed by atoms with Crippen molar-refractivity contribution < 1.29 is 0 Å². The molecule has 0 saturated heterocycles. The molecule has 2 atom stereocenters. The fourth-order valence-electron chi connectivity index (χ4n) is 2.27. The van der Waals surface area contributed by atoms with Crippen molar-refractivity contribution in [2.75, 3.05) is 19.6 Å². The molecular formula is C12H22N4. The average molecular weight is 222 g/mol. The summed E-state index contributed by atoms with van der Waals surface area (Å²) in [6.45, 7) is 7.58. The highest BCUT2D eigenvalue weighted by Crippen LogP contribution is 2.17. The zero-order chi connectivity index (χ0) is 11.4. The fraction of sp³-hybridized carbons (Fsp3) is 0.833. The molecule has 4 nitrogen and oxygen atoms in total. The lowest BCUT2D eigenvalue weighted by atomic mass is 9.96. The van der Waals surface area contributed by atoms with E-state index in [1.165, 1.54) is 19.3 Å². The van der Waals surface area contributed by atoms with Gasteiger partial charge >= 0.3 is 0 Å². The van der Waals surface area contributed by atoms with Gasteiger partial charge in [0.15, 0.2) is 0 Å². The molecule has 16 heavy (non-hydrogen) atoms. The second-order valence-electron chi connectivity index (χ2n) is 5.24. The van der Waals surface area contributed by atoms with Crippen LogP contribution in [0.4, 0.5) is 0 Å². The normalized spacial score (nSPS) is 32.4. The van der Waals surface area contributed by atoms with Crippen molar-refractivity contribution in [2.45, 2.75) is 44.7 Å². The molecule has 90 valence electrons. The standard InChI is InChI=1S/C12H22N4/c1-11-7-16(10-14-11)6-4-3-5-12(2)8-13-9-15-12/h9-11H,3-8H2,1-2H3,(H,13,15). The Morgan fingerprint density at radius 1 is 1.50 bits per heavy atom. The van der Waals surface area contributed by atoms with Crippen LogP contribution in [0.15, 0.2) is 9.98 Å². The maximum atomic E-state index is 4.36. The van der Waals surface area contributed by atoms with Gasteiger partial charge < -0.3 is 10.2 Å². The lowest BCUT2D eigenvalue weighted by Crippen LogP contribution is -2.39. The summed E-state index contributed by atoms with van der Waals surface area (Å²) in [4.78, 5) is 10.9. The summed E-state index contributed by atoms with van der Waals surface area (Å²) in [5.74, 6) is 0. The molecule has 0 saturated carbocycles. The van der Waals surface area contributed by atoms with Gasteiger partial charge in [-0.15, -0.1) is 0 Å². The summed E-state index contributed by atoms with van der Waals surface area (Å²) in [7, 11) is 0. The molecule has 0 aromatic heterocycles. The molecule has 1 N–H and O–H groups in total. The van der Waals surface area contributed by atoms with E-state index in [1.54, 1.807) is 0 Å². The van der Waals surface area contributed by atoms with Crippen LogP contribution in [0.25, 0.3) is 0 Å². The Morgan fingerprint density at radius 3 is 3.00 bits per heavy atom. The number of unbranched alkanes of at least 4 members (excludes halogenated alkanes) is 1. The van der Waals surface area contributed by atoms with Gasteiger partial charge in [-0.1, -0.05) is 0 Å². The third-order valence-electron chi connectivity index (χ3n) is 3.35. The predicted octanol–water partition coefficient (Wildman–Crippen LogP) is 1.28. The average Bonchev–Trinajstić information content (AvgIpc) is 2.84. The van der Waals surface area contributed by atoms with Crippen molar-refractivity contribution in [1.82, 2.24) is 10.2 Å². The van der Waals surface area contributed by atoms with E-state index in [0.717, 1.165) is 19.6 Å². The molecule has 2 rings (SSSR count). The Morgan fingerprint density at radius 2 is 2.38 bits per heavy atom. The van der Waals surface area contributed by atoms with Crippen molar-refractivity contribution in [3.8, 4) is 0 Å². The topological polar surface area (TPSA) is 40.0 Å². The molecule has 0 fully saturated rings. The summed E-state index contributed by atoms with van der Waals surface area (Å²) >= 11 is 0. The Kier molecular flexibility index (Phi) is 3.46. The van der Waals surface area contributed by atoms with E-state index < -0.39 is 0 Å². The van der Waals surface area contributed by atoms with E-state index in [1.807, 2.05) is 12.7 Å². The lowest BCUT2D eigenvalue weighted by molar-refractivity contribution is 0.373. The van der Waals surface area contributed by atoms with E-state index in [9.17, 15) is 0 Å². The van der Waals surface area contributed by atoms with Crippen LogP contribution in [-0.2, 0) is 0 Å². The maximum Gasteiger partial charge on any atom is 0.0854 e. The maximum absolute atomic E-state index is 4.36. The van der Waals surface area contributed by atoms with Gasteiger partial charge in [0, 0.05) is 13.1 Å². The molecule has 0 radical (unpaired) electrons. The molecule has 0 aromatic carbocycles. The van der Waals surface area contributed by atoms with Gasteiger partial charge in [-0.2, -0.15) is 0 Å². The third-order valence-corrected chi connectivity index (χ3v) is 3.35. The van der Waals surface area contributed by atoms with Crippen molar-refractivity contribution in [3.05, 3.63) is 0 Å². The summed E-state index contributed by atoms with van der Waals surface area (Å²) in [6, 6.07) is 0.488. The van der Waals surface area contributed by atoms with Crippen LogP contribution in [0.3, 0.4) is 0 Å². The van der Waals surface area contributed by atoms with E-state index in [4.69, 9.17) is 0 Å². The van der Waals surface area contributed by atoms with Gasteiger partial charge in [-0.25, -0.2) is 0 Å². The van der Waals surface area contributed by atoms with E-state index in [2.05, 4.69) is 34.0 Å². The summed E-state index contributed by atoms with van der Waals surface area (Å²) in [6.07, 6.45) is 7.55. The van der Waals surface area contributed by atoms with Crippen LogP contribution in [0.1, 0.15) is 33.1 Å². The highest BCUT2D eigenvalue weighted by molar-refractivity contribution is 5.58. The van der Waals surface area contributed by atoms with Crippen molar-refractivity contribution >= 4 is 12.7 Å². The SMILES string of the molecule is CC1CN(CCCCC2(C)CN=CN2)C=N1. The van der Waals surface area contributed by atoms with Crippen LogP contribution < -0.4 is 5.32 Å². The summed E-state index contributed by atoms with van der Waals surface area (Å²) < 4.78 is 0. The van der Waals surface area contributed by atoms with Crippen LogP contribution in [0.5, 0.6) is 0 Å². The second kappa shape index (κ2) is 4.85. The van der Waals surface area contributed by atoms with Crippen molar-refractivity contribution in [2.24, 2.45) is 9.98 Å². The Balaban J connectivity index is 1.57. The summed E-state index contributed by atoms with van der Waals surface area (Å²) in [5, 5.41) is 3.34. The van der Waals surface area contributed by atoms with Crippen LogP contribution in [0, 0.1) is 0 Å². The van der Waals surface area contributed by atoms with Gasteiger partial charge in [0.1, 0.15) is 0 Å². The minimum absolute atomic E-state index is 0.215. The number of hydrogen-bond acceptors (Lipinski definition) is 4. The highest BCUT2D eigenvalue weighted by atomic mass is 15.2. The first-order chi connectivity index (χ1) is 7.68. The van der Waals surface area contributed by atoms with E-state index >= 15 is 0 Å². The molecule has 0 aromatic rings. The second-order valence-corrected chi connectivity index (χ2v) is 5.24. The number of rotatable bonds is 5. The number of hydrogen-bond donors (Lipinski definition) is 1. The van der Waals surface area contributed by atoms with Crippen molar-refractivity contribution in [3.63, 3.8) is 0 Å². The lowest BCUT2D eigenvalue weighted by Gasteiger charge is -2.24. The van der Waals surface area contributed by atoms with E-state index in [0.29, 0.717) is 6.04 Å². The number of aliphatic imine (C=N–C) groups is 2. The minimum atomic E-state index is 0.215. The predicted molar refractivity (Wildman–Crippen MR) is 68.3 cm³/mol. The largest absolute Gasteiger partial charge is 0.369 e. The van der Waals surface area contributed by atoms with Crippen LogP contribution in [0.2, 0.25) is 0 Å². The molecule has 0 amide bonds. The third kappa shape index (κ3) is 2.97. The molecule has 2 aliphatic heterocycles. The van der Waals surface area contributed by atoms with Crippen LogP contribution >= 0.6 is 0 Å². The quantitative estimate of drug-likeness (QED) is 0.712. The Hall–Kier alpha value is -1.06. The summed E-state index contributed by atoms with van der Waals surface area (Å²) in [5.41, 5.74) is 0.215. The van der Waals surface area contributed by atoms with Gasteiger partial charge in [0.2, 0.25) is 0 Å². The van der Waals surface area contributed by atoms with Gasteiger partial charge in [-0.3, -0.25) is 9.98 Å². The zero-order valence-electron chi connectivity index (χ0n) is 10.3. The van der Waals surface area contributed by atoms with Gasteiger partial charge in [0.25, 0.3) is 0 Å². The molecule has 0 bridgehead atoms. The first-order valence-electron chi connectivity index (χ1n) is 6.21. The Labute approximate surface area is 97.8 Å². The molecular weight excluding hydrogens is 200 g/mol. The zero-order valence-corrected chi connectivity index (χ0v) is 10.3. The monoisotopic (exact) mass is 222 g/mol. The molecule has 0 aliphatic carbocycles. The van der Waals surface area contributed by atoms with Crippen LogP contribution in [-0.4, -0.2) is 48.8 Å².